The van der Waals surface area contributed by atoms with E-state index in [0.29, 0.717) is 22.2 Å². The Morgan fingerprint density at radius 3 is 2.50 bits per heavy atom. The fourth-order valence-electron chi connectivity index (χ4n) is 2.18. The van der Waals surface area contributed by atoms with Crippen LogP contribution in [-0.2, 0) is 0 Å². The summed E-state index contributed by atoms with van der Waals surface area (Å²) in [5.74, 6) is 0.463. The van der Waals surface area contributed by atoms with Crippen molar-refractivity contribution in [3.05, 3.63) is 23.0 Å². The van der Waals surface area contributed by atoms with Crippen molar-refractivity contribution in [3.8, 4) is 0 Å². The van der Waals surface area contributed by atoms with Gasteiger partial charge >= 0.3 is 0 Å². The molecule has 0 spiro atoms. The molecule has 2 aromatic rings. The third-order valence-corrected chi connectivity index (χ3v) is 4.37. The number of carbonyl (C=O) groups excluding carboxylic acids is 1. The Hall–Kier alpha value is -2.13. The number of nitrogens with one attached hydrogen (secondary N) is 1. The molecule has 1 aliphatic rings. The summed E-state index contributed by atoms with van der Waals surface area (Å²) in [6, 6.07) is 0. The number of likely N-dealkylation sites (N-methyl/N-ethyl adjacent to an activating group) is 1. The van der Waals surface area contributed by atoms with Gasteiger partial charge in [0.15, 0.2) is 0 Å². The molecule has 0 atom stereocenters. The lowest BCUT2D eigenvalue weighted by Crippen LogP contribution is -2.45. The van der Waals surface area contributed by atoms with Crippen LogP contribution in [0.5, 0.6) is 0 Å². The van der Waals surface area contributed by atoms with Crippen molar-refractivity contribution in [2.45, 2.75) is 6.92 Å². The van der Waals surface area contributed by atoms with Crippen molar-refractivity contribution in [3.63, 3.8) is 0 Å². The van der Waals surface area contributed by atoms with E-state index in [9.17, 15) is 4.79 Å². The smallest absolute Gasteiger partial charge is 0.269 e. The maximum atomic E-state index is 12.1. The van der Waals surface area contributed by atoms with Crippen molar-refractivity contribution in [2.75, 3.05) is 43.4 Å². The molecule has 1 fully saturated rings. The van der Waals surface area contributed by atoms with Crippen LogP contribution in [0.1, 0.15) is 15.4 Å². The van der Waals surface area contributed by atoms with Crippen LogP contribution in [0.25, 0.3) is 0 Å². The standard InChI is InChI=1S/C13H17N7OS/c1-9-11(22-18-17-9)12(21)16-10-7-14-13(15-8-10)20-5-3-19(2)4-6-20/h7-8H,3-6H2,1-2H3,(H,16,21). The molecule has 22 heavy (non-hydrogen) atoms. The predicted molar refractivity (Wildman–Crippen MR) is 84.3 cm³/mol. The first-order valence-corrected chi connectivity index (χ1v) is 7.76. The van der Waals surface area contributed by atoms with E-state index < -0.39 is 0 Å². The number of anilines is 2. The summed E-state index contributed by atoms with van der Waals surface area (Å²) in [7, 11) is 2.10. The molecule has 1 N–H and O–H groups in total. The summed E-state index contributed by atoms with van der Waals surface area (Å²) in [4.78, 5) is 25.7. The molecule has 1 saturated heterocycles. The molecule has 0 unspecified atom stereocenters. The van der Waals surface area contributed by atoms with Gasteiger partial charge in [-0.3, -0.25) is 4.79 Å². The van der Waals surface area contributed by atoms with Crippen LogP contribution in [0.4, 0.5) is 11.6 Å². The lowest BCUT2D eigenvalue weighted by atomic mass is 10.3. The zero-order valence-corrected chi connectivity index (χ0v) is 13.3. The van der Waals surface area contributed by atoms with Gasteiger partial charge in [-0.25, -0.2) is 9.97 Å². The number of nitrogens with zero attached hydrogens (tertiary/aromatic N) is 6. The highest BCUT2D eigenvalue weighted by Crippen LogP contribution is 2.15. The van der Waals surface area contributed by atoms with Gasteiger partial charge in [-0.1, -0.05) is 4.49 Å². The lowest BCUT2D eigenvalue weighted by Gasteiger charge is -2.32. The fraction of sp³-hybridized carbons (Fsp3) is 0.462. The third kappa shape index (κ3) is 3.20. The number of piperazine rings is 1. The second-order valence-corrected chi connectivity index (χ2v) is 5.96. The van der Waals surface area contributed by atoms with E-state index in [4.69, 9.17) is 0 Å². The molecule has 0 saturated carbocycles. The van der Waals surface area contributed by atoms with E-state index in [0.717, 1.165) is 37.7 Å². The van der Waals surface area contributed by atoms with Crippen LogP contribution >= 0.6 is 11.5 Å². The summed E-state index contributed by atoms with van der Waals surface area (Å²) in [6.45, 7) is 5.58. The third-order valence-electron chi connectivity index (χ3n) is 3.54. The van der Waals surface area contributed by atoms with Crippen LogP contribution in [0.15, 0.2) is 12.4 Å². The molecule has 0 aliphatic carbocycles. The quantitative estimate of drug-likeness (QED) is 0.888. The summed E-state index contributed by atoms with van der Waals surface area (Å²) >= 11 is 1.08. The van der Waals surface area contributed by atoms with E-state index in [1.807, 2.05) is 0 Å². The lowest BCUT2D eigenvalue weighted by molar-refractivity contribution is 0.102. The number of amides is 1. The van der Waals surface area contributed by atoms with Crippen LogP contribution in [0.2, 0.25) is 0 Å². The first kappa shape index (κ1) is 14.8. The minimum Gasteiger partial charge on any atom is -0.338 e. The minimum absolute atomic E-state index is 0.233. The monoisotopic (exact) mass is 319 g/mol. The summed E-state index contributed by atoms with van der Waals surface area (Å²) < 4.78 is 3.75. The minimum atomic E-state index is -0.233. The maximum absolute atomic E-state index is 12.1. The molecule has 1 aliphatic heterocycles. The molecule has 3 rings (SSSR count). The summed E-state index contributed by atoms with van der Waals surface area (Å²) in [6.07, 6.45) is 3.25. The molecule has 0 bridgehead atoms. The van der Waals surface area contributed by atoms with Gasteiger partial charge in [-0.2, -0.15) is 0 Å². The zero-order valence-electron chi connectivity index (χ0n) is 12.5. The number of aryl methyl sites for hydroxylation is 1. The molecular formula is C13H17N7OS. The Labute approximate surface area is 132 Å². The molecule has 0 radical (unpaired) electrons. The van der Waals surface area contributed by atoms with Crippen molar-refractivity contribution < 1.29 is 4.79 Å². The van der Waals surface area contributed by atoms with Crippen LogP contribution in [0, 0.1) is 6.92 Å². The van der Waals surface area contributed by atoms with Gasteiger partial charge in [-0.15, -0.1) is 5.10 Å². The van der Waals surface area contributed by atoms with Crippen LogP contribution in [-0.4, -0.2) is 63.6 Å². The number of carbonyl (C=O) groups is 1. The topological polar surface area (TPSA) is 87.1 Å². The molecule has 1 amide bonds. The van der Waals surface area contributed by atoms with Gasteiger partial charge in [-0.05, 0) is 25.5 Å². The van der Waals surface area contributed by atoms with Crippen molar-refractivity contribution in [1.82, 2.24) is 24.5 Å². The second-order valence-electron chi connectivity index (χ2n) is 5.20. The molecule has 9 heteroatoms. The van der Waals surface area contributed by atoms with Gasteiger partial charge in [0.05, 0.1) is 23.8 Å². The Morgan fingerprint density at radius 2 is 1.91 bits per heavy atom. The van der Waals surface area contributed by atoms with Crippen molar-refractivity contribution in [1.29, 1.82) is 0 Å². The van der Waals surface area contributed by atoms with Gasteiger partial charge in [0.25, 0.3) is 5.91 Å². The molecular weight excluding hydrogens is 302 g/mol. The SMILES string of the molecule is Cc1nnsc1C(=O)Nc1cnc(N2CCN(C)CC2)nc1. The molecule has 116 valence electrons. The van der Waals surface area contributed by atoms with E-state index in [2.05, 4.69) is 41.7 Å². The highest BCUT2D eigenvalue weighted by atomic mass is 32.1. The molecule has 8 nitrogen and oxygen atoms in total. The average molecular weight is 319 g/mol. The van der Waals surface area contributed by atoms with E-state index in [-0.39, 0.29) is 5.91 Å². The maximum Gasteiger partial charge on any atom is 0.269 e. The van der Waals surface area contributed by atoms with E-state index in [1.54, 1.807) is 19.3 Å². The highest BCUT2D eigenvalue weighted by molar-refractivity contribution is 7.08. The normalized spacial score (nSPS) is 15.8. The van der Waals surface area contributed by atoms with Crippen LogP contribution in [0.3, 0.4) is 0 Å². The second kappa shape index (κ2) is 6.32. The summed E-state index contributed by atoms with van der Waals surface area (Å²) in [5.41, 5.74) is 1.19. The summed E-state index contributed by atoms with van der Waals surface area (Å²) in [5, 5.41) is 6.59. The number of hydrogen-bond acceptors (Lipinski definition) is 8. The largest absolute Gasteiger partial charge is 0.338 e. The first-order chi connectivity index (χ1) is 10.6. The van der Waals surface area contributed by atoms with Crippen LogP contribution < -0.4 is 10.2 Å². The van der Waals surface area contributed by atoms with Gasteiger partial charge in [0.2, 0.25) is 5.95 Å². The van der Waals surface area contributed by atoms with Gasteiger partial charge < -0.3 is 15.1 Å². The molecule has 3 heterocycles. The number of hydrogen-bond donors (Lipinski definition) is 1. The molecule has 2 aromatic heterocycles. The number of aromatic nitrogens is 4. The Morgan fingerprint density at radius 1 is 1.23 bits per heavy atom. The highest BCUT2D eigenvalue weighted by Gasteiger charge is 2.17. The van der Waals surface area contributed by atoms with Crippen molar-refractivity contribution >= 4 is 29.1 Å². The fourth-order valence-corrected chi connectivity index (χ4v) is 2.73. The van der Waals surface area contributed by atoms with Crippen molar-refractivity contribution in [2.24, 2.45) is 0 Å². The number of rotatable bonds is 3. The molecule has 0 aromatic carbocycles. The van der Waals surface area contributed by atoms with E-state index in [1.165, 1.54) is 0 Å². The Bertz CT molecular complexity index is 649. The zero-order chi connectivity index (χ0) is 15.5. The Balaban J connectivity index is 1.64. The predicted octanol–water partition coefficient (Wildman–Crippen LogP) is 0.641. The Kier molecular flexibility index (Phi) is 4.25. The first-order valence-electron chi connectivity index (χ1n) is 6.99. The van der Waals surface area contributed by atoms with Gasteiger partial charge in [0, 0.05) is 26.2 Å². The van der Waals surface area contributed by atoms with Gasteiger partial charge in [0.1, 0.15) is 4.88 Å². The van der Waals surface area contributed by atoms with E-state index >= 15 is 0 Å². The average Bonchev–Trinajstić information content (AvgIpc) is 2.95.